The number of nitrogens with zero attached hydrogens (tertiary/aromatic N) is 2. The molecule has 1 saturated heterocycles. The number of nitrogen functional groups attached to an aromatic ring is 1. The maximum absolute atomic E-state index is 6.01. The first kappa shape index (κ1) is 21.3. The van der Waals surface area contributed by atoms with Gasteiger partial charge in [-0.15, -0.1) is 0 Å². The van der Waals surface area contributed by atoms with Crippen molar-refractivity contribution in [3.05, 3.63) is 41.7 Å². The minimum atomic E-state index is 0.468. The van der Waals surface area contributed by atoms with Crippen LogP contribution in [0, 0.1) is 12.8 Å². The van der Waals surface area contributed by atoms with Gasteiger partial charge >= 0.3 is 0 Å². The van der Waals surface area contributed by atoms with Crippen LogP contribution in [0.5, 0.6) is 0 Å². The molecule has 4 aromatic rings. The molecule has 1 fully saturated rings. The van der Waals surface area contributed by atoms with Gasteiger partial charge in [-0.25, -0.2) is 9.97 Å². The molecule has 0 radical (unpaired) electrons. The van der Waals surface area contributed by atoms with Gasteiger partial charge in [-0.05, 0) is 62.1 Å². The Morgan fingerprint density at radius 1 is 1.10 bits per heavy atom. The summed E-state index contributed by atoms with van der Waals surface area (Å²) in [5.41, 5.74) is 12.0. The lowest BCUT2D eigenvalue weighted by Crippen LogP contribution is -2.27. The zero-order valence-corrected chi connectivity index (χ0v) is 18.6. The van der Waals surface area contributed by atoms with Crippen LogP contribution in [0.3, 0.4) is 0 Å². The molecule has 0 bridgehead atoms. The van der Waals surface area contributed by atoms with Gasteiger partial charge in [0, 0.05) is 41.9 Å². The lowest BCUT2D eigenvalue weighted by atomic mass is 10.0. The number of nitrogens with two attached hydrogens (primary N) is 1. The highest BCUT2D eigenvalue weighted by Gasteiger charge is 2.14. The molecule has 0 aliphatic carbocycles. The SMILES string of the molecule is CC.Cc1nc2nc(N)cc(-c3cc4cc(CNCC5CCOCC5)ccc4[nH]3)c2[nH]1. The maximum Gasteiger partial charge on any atom is 0.180 e. The minimum Gasteiger partial charge on any atom is -0.384 e. The monoisotopic (exact) mass is 420 g/mol. The van der Waals surface area contributed by atoms with E-state index in [-0.39, 0.29) is 0 Å². The van der Waals surface area contributed by atoms with Crippen molar-refractivity contribution in [2.45, 2.75) is 40.2 Å². The van der Waals surface area contributed by atoms with E-state index in [1.54, 1.807) is 0 Å². The highest BCUT2D eigenvalue weighted by Crippen LogP contribution is 2.30. The van der Waals surface area contributed by atoms with Gasteiger partial charge < -0.3 is 25.8 Å². The first-order valence-corrected chi connectivity index (χ1v) is 11.2. The smallest absolute Gasteiger partial charge is 0.180 e. The number of ether oxygens (including phenoxy) is 1. The molecule has 7 nitrogen and oxygen atoms in total. The molecule has 0 amide bonds. The fraction of sp³-hybridized carbons (Fsp3) is 0.417. The summed E-state index contributed by atoms with van der Waals surface area (Å²) in [6.45, 7) is 9.64. The number of hydrogen-bond donors (Lipinski definition) is 4. The Bertz CT molecular complexity index is 1160. The summed E-state index contributed by atoms with van der Waals surface area (Å²) in [6, 6.07) is 10.6. The van der Waals surface area contributed by atoms with E-state index in [2.05, 4.69) is 49.5 Å². The van der Waals surface area contributed by atoms with Crippen molar-refractivity contribution in [2.24, 2.45) is 5.92 Å². The second-order valence-corrected chi connectivity index (χ2v) is 7.91. The predicted molar refractivity (Wildman–Crippen MR) is 127 cm³/mol. The number of fused-ring (bicyclic) bond motifs is 2. The van der Waals surface area contributed by atoms with Crippen LogP contribution in [0.25, 0.3) is 33.3 Å². The van der Waals surface area contributed by atoms with Gasteiger partial charge in [-0.1, -0.05) is 19.9 Å². The second kappa shape index (κ2) is 9.49. The summed E-state index contributed by atoms with van der Waals surface area (Å²) in [5.74, 6) is 2.02. The van der Waals surface area contributed by atoms with Gasteiger partial charge in [-0.2, -0.15) is 0 Å². The van der Waals surface area contributed by atoms with Gasteiger partial charge in [0.2, 0.25) is 0 Å². The number of aryl methyl sites for hydroxylation is 1. The summed E-state index contributed by atoms with van der Waals surface area (Å²) in [4.78, 5) is 15.6. The summed E-state index contributed by atoms with van der Waals surface area (Å²) < 4.78 is 5.44. The fourth-order valence-corrected chi connectivity index (χ4v) is 4.14. The second-order valence-electron chi connectivity index (χ2n) is 7.91. The number of aromatic nitrogens is 4. The largest absolute Gasteiger partial charge is 0.384 e. The molecule has 0 atom stereocenters. The van der Waals surface area contributed by atoms with Crippen LogP contribution in [-0.4, -0.2) is 39.7 Å². The molecule has 7 heteroatoms. The Morgan fingerprint density at radius 3 is 2.71 bits per heavy atom. The Morgan fingerprint density at radius 2 is 1.90 bits per heavy atom. The Balaban J connectivity index is 0.00000112. The van der Waals surface area contributed by atoms with E-state index in [1.165, 1.54) is 10.9 Å². The van der Waals surface area contributed by atoms with Crippen LogP contribution in [0.4, 0.5) is 5.82 Å². The maximum atomic E-state index is 6.01. The normalized spacial score (nSPS) is 14.7. The fourth-order valence-electron chi connectivity index (χ4n) is 4.14. The zero-order chi connectivity index (χ0) is 21.8. The molecule has 31 heavy (non-hydrogen) atoms. The van der Waals surface area contributed by atoms with Crippen molar-refractivity contribution >= 4 is 27.9 Å². The quantitative estimate of drug-likeness (QED) is 0.379. The first-order chi connectivity index (χ1) is 15.2. The van der Waals surface area contributed by atoms with E-state index in [1.807, 2.05) is 26.8 Å². The van der Waals surface area contributed by atoms with Crippen LogP contribution < -0.4 is 11.1 Å². The summed E-state index contributed by atoms with van der Waals surface area (Å²) in [5, 5.41) is 4.79. The zero-order valence-electron chi connectivity index (χ0n) is 18.6. The van der Waals surface area contributed by atoms with Gasteiger partial charge in [-0.3, -0.25) is 0 Å². The molecule has 3 aromatic heterocycles. The molecule has 0 spiro atoms. The average Bonchev–Trinajstić information content (AvgIpc) is 3.37. The topological polar surface area (TPSA) is 105 Å². The lowest BCUT2D eigenvalue weighted by molar-refractivity contribution is 0.0662. The standard InChI is InChI=1S/C22H26N6O.C2H6/c1-13-25-21-17(10-20(23)28-22(21)26-13)19-9-16-8-15(2-3-18(16)27-19)12-24-11-14-4-6-29-7-5-14;1-2/h2-3,8-10,14,24,27H,4-7,11-12H2,1H3,(H3,23,25,26,28);1-2H3. The Kier molecular flexibility index (Phi) is 6.53. The average molecular weight is 421 g/mol. The molecular formula is C24H32N6O. The summed E-state index contributed by atoms with van der Waals surface area (Å²) in [7, 11) is 0. The molecule has 0 unspecified atom stereocenters. The Labute approximate surface area is 182 Å². The molecule has 5 N–H and O–H groups in total. The molecule has 5 rings (SSSR count). The number of nitrogens with one attached hydrogen (secondary N) is 3. The van der Waals surface area contributed by atoms with Crippen LogP contribution in [0.15, 0.2) is 30.3 Å². The summed E-state index contributed by atoms with van der Waals surface area (Å²) >= 11 is 0. The highest BCUT2D eigenvalue weighted by molar-refractivity contribution is 5.95. The van der Waals surface area contributed by atoms with Crippen molar-refractivity contribution in [1.82, 2.24) is 25.3 Å². The van der Waals surface area contributed by atoms with Crippen LogP contribution >= 0.6 is 0 Å². The molecule has 164 valence electrons. The van der Waals surface area contributed by atoms with Crippen molar-refractivity contribution in [2.75, 3.05) is 25.5 Å². The first-order valence-electron chi connectivity index (χ1n) is 11.2. The van der Waals surface area contributed by atoms with Gasteiger partial charge in [0.05, 0.1) is 5.52 Å². The number of anilines is 1. The molecular weight excluding hydrogens is 388 g/mol. The molecule has 1 aliphatic rings. The van der Waals surface area contributed by atoms with E-state index in [0.29, 0.717) is 11.5 Å². The molecule has 1 aromatic carbocycles. The number of aromatic amines is 2. The van der Waals surface area contributed by atoms with E-state index in [4.69, 9.17) is 10.5 Å². The third kappa shape index (κ3) is 4.73. The molecule has 0 saturated carbocycles. The third-order valence-corrected chi connectivity index (χ3v) is 5.68. The molecule has 1 aliphatic heterocycles. The van der Waals surface area contributed by atoms with Crippen molar-refractivity contribution in [3.63, 3.8) is 0 Å². The van der Waals surface area contributed by atoms with Crippen molar-refractivity contribution in [3.8, 4) is 11.3 Å². The van der Waals surface area contributed by atoms with E-state index < -0.39 is 0 Å². The predicted octanol–water partition coefficient (Wildman–Crippen LogP) is 4.54. The number of hydrogen-bond acceptors (Lipinski definition) is 5. The van der Waals surface area contributed by atoms with E-state index >= 15 is 0 Å². The van der Waals surface area contributed by atoms with E-state index in [9.17, 15) is 0 Å². The highest BCUT2D eigenvalue weighted by atomic mass is 16.5. The van der Waals surface area contributed by atoms with Crippen LogP contribution in [0.1, 0.15) is 38.1 Å². The Hall–Kier alpha value is -2.90. The number of imidazole rings is 1. The van der Waals surface area contributed by atoms with Gasteiger partial charge in [0.15, 0.2) is 5.65 Å². The van der Waals surface area contributed by atoms with Gasteiger partial charge in [0.1, 0.15) is 11.6 Å². The lowest BCUT2D eigenvalue weighted by Gasteiger charge is -2.22. The van der Waals surface area contributed by atoms with Crippen molar-refractivity contribution < 1.29 is 4.74 Å². The molecule has 4 heterocycles. The van der Waals surface area contributed by atoms with Crippen molar-refractivity contribution in [1.29, 1.82) is 0 Å². The number of H-pyrrole nitrogens is 2. The number of pyridine rings is 1. The third-order valence-electron chi connectivity index (χ3n) is 5.68. The number of benzene rings is 1. The minimum absolute atomic E-state index is 0.468. The van der Waals surface area contributed by atoms with E-state index in [0.717, 1.165) is 73.2 Å². The number of rotatable bonds is 5. The van der Waals surface area contributed by atoms with Crippen LogP contribution in [-0.2, 0) is 11.3 Å². The van der Waals surface area contributed by atoms with Crippen LogP contribution in [0.2, 0.25) is 0 Å². The van der Waals surface area contributed by atoms with Gasteiger partial charge in [0.25, 0.3) is 0 Å². The summed E-state index contributed by atoms with van der Waals surface area (Å²) in [6.07, 6.45) is 2.31.